The molecule has 0 spiro atoms. The fraction of sp³-hybridized carbons (Fsp3) is 0.500. The molecular formula is C4H8N2OS. The third-order valence-corrected chi connectivity index (χ3v) is 1.15. The maximum Gasteiger partial charge on any atom is 0.144 e. The van der Waals surface area contributed by atoms with E-state index in [1.54, 1.807) is 14.0 Å². The lowest BCUT2D eigenvalue weighted by Crippen LogP contribution is -2.23. The summed E-state index contributed by atoms with van der Waals surface area (Å²) in [5, 5.41) is 8.16. The number of nitrogens with zero attached hydrogens (tertiary/aromatic N) is 1. The molecule has 4 heteroatoms. The Balaban J connectivity index is 3.83. The molecule has 0 atom stereocenters. The molecule has 0 rings (SSSR count). The van der Waals surface area contributed by atoms with Gasteiger partial charge in [-0.2, -0.15) is 0 Å². The first-order valence-electron chi connectivity index (χ1n) is 2.10. The van der Waals surface area contributed by atoms with Crippen molar-refractivity contribution in [3.05, 3.63) is 0 Å². The summed E-state index contributed by atoms with van der Waals surface area (Å²) in [6, 6.07) is 0. The van der Waals surface area contributed by atoms with Crippen molar-refractivity contribution in [3.63, 3.8) is 0 Å². The molecular weight excluding hydrogens is 124 g/mol. The standard InChI is InChI=1S/C4H8N2OS/c1-3(5-2)4(8)6-7/h7H,1-2H3,(H,6,8). The lowest BCUT2D eigenvalue weighted by Gasteiger charge is -1.96. The van der Waals surface area contributed by atoms with E-state index in [0.29, 0.717) is 5.71 Å². The van der Waals surface area contributed by atoms with E-state index in [2.05, 4.69) is 17.2 Å². The molecule has 0 radical (unpaired) electrons. The first-order valence-corrected chi connectivity index (χ1v) is 2.51. The van der Waals surface area contributed by atoms with Crippen molar-refractivity contribution in [2.45, 2.75) is 6.92 Å². The van der Waals surface area contributed by atoms with E-state index in [1.807, 2.05) is 5.48 Å². The van der Waals surface area contributed by atoms with Gasteiger partial charge in [-0.25, -0.2) is 0 Å². The Kier molecular flexibility index (Phi) is 3.30. The van der Waals surface area contributed by atoms with Crippen molar-refractivity contribution in [3.8, 4) is 0 Å². The van der Waals surface area contributed by atoms with Crippen molar-refractivity contribution in [2.75, 3.05) is 7.05 Å². The maximum absolute atomic E-state index is 8.16. The van der Waals surface area contributed by atoms with Gasteiger partial charge in [0, 0.05) is 7.05 Å². The van der Waals surface area contributed by atoms with Gasteiger partial charge < -0.3 is 0 Å². The van der Waals surface area contributed by atoms with E-state index in [4.69, 9.17) is 5.21 Å². The zero-order chi connectivity index (χ0) is 6.57. The van der Waals surface area contributed by atoms with Gasteiger partial charge in [-0.05, 0) is 6.92 Å². The number of thiocarbonyl (C=S) groups is 1. The van der Waals surface area contributed by atoms with Gasteiger partial charge >= 0.3 is 0 Å². The number of rotatable bonds is 1. The predicted octanol–water partition coefficient (Wildman–Crippen LogP) is 0.383. The van der Waals surface area contributed by atoms with E-state index >= 15 is 0 Å². The zero-order valence-corrected chi connectivity index (χ0v) is 5.62. The Morgan fingerprint density at radius 1 is 1.75 bits per heavy atom. The van der Waals surface area contributed by atoms with Gasteiger partial charge in [0.1, 0.15) is 4.99 Å². The van der Waals surface area contributed by atoms with Gasteiger partial charge in [0.25, 0.3) is 0 Å². The normalized spacial score (nSPS) is 11.1. The monoisotopic (exact) mass is 132 g/mol. The van der Waals surface area contributed by atoms with Gasteiger partial charge in [-0.1, -0.05) is 12.2 Å². The average molecular weight is 132 g/mol. The molecule has 0 amide bonds. The van der Waals surface area contributed by atoms with Crippen LogP contribution < -0.4 is 5.48 Å². The summed E-state index contributed by atoms with van der Waals surface area (Å²) in [6.07, 6.45) is 0. The van der Waals surface area contributed by atoms with Crippen LogP contribution in [0.1, 0.15) is 6.92 Å². The first-order chi connectivity index (χ1) is 3.72. The zero-order valence-electron chi connectivity index (χ0n) is 4.80. The maximum atomic E-state index is 8.16. The minimum atomic E-state index is 0.271. The van der Waals surface area contributed by atoms with Crippen LogP contribution in [0.2, 0.25) is 0 Å². The quantitative estimate of drug-likeness (QED) is 0.308. The molecule has 0 saturated carbocycles. The summed E-state index contributed by atoms with van der Waals surface area (Å²) in [4.78, 5) is 3.98. The molecule has 0 aromatic heterocycles. The third-order valence-electron chi connectivity index (χ3n) is 0.766. The Labute approximate surface area is 53.4 Å². The van der Waals surface area contributed by atoms with Crippen LogP contribution in [0, 0.1) is 0 Å². The lowest BCUT2D eigenvalue weighted by atomic mass is 10.4. The van der Waals surface area contributed by atoms with E-state index < -0.39 is 0 Å². The fourth-order valence-electron chi connectivity index (χ4n) is 0.182. The van der Waals surface area contributed by atoms with Gasteiger partial charge in [-0.3, -0.25) is 15.7 Å². The van der Waals surface area contributed by atoms with Crippen LogP contribution in [0.3, 0.4) is 0 Å². The second-order valence-corrected chi connectivity index (χ2v) is 1.66. The molecule has 0 saturated heterocycles. The minimum absolute atomic E-state index is 0.271. The molecule has 0 aliphatic heterocycles. The van der Waals surface area contributed by atoms with Gasteiger partial charge in [0.05, 0.1) is 5.71 Å². The highest BCUT2D eigenvalue weighted by molar-refractivity contribution is 7.82. The molecule has 3 nitrogen and oxygen atoms in total. The molecule has 8 heavy (non-hydrogen) atoms. The SMILES string of the molecule is CN=C(C)C(=S)NO. The Hall–Kier alpha value is -0.480. The number of hydrogen-bond donors (Lipinski definition) is 2. The van der Waals surface area contributed by atoms with Crippen LogP contribution in [0.4, 0.5) is 0 Å². The average Bonchev–Trinajstić information content (AvgIpc) is 1.84. The summed E-state index contributed by atoms with van der Waals surface area (Å²) in [5.41, 5.74) is 2.44. The topological polar surface area (TPSA) is 44.6 Å². The molecule has 0 aliphatic rings. The molecule has 0 heterocycles. The third kappa shape index (κ3) is 1.99. The van der Waals surface area contributed by atoms with Crippen molar-refractivity contribution >= 4 is 22.9 Å². The van der Waals surface area contributed by atoms with Crippen LogP contribution >= 0.6 is 12.2 Å². The second-order valence-electron chi connectivity index (χ2n) is 1.25. The van der Waals surface area contributed by atoms with E-state index in [1.165, 1.54) is 0 Å². The summed E-state index contributed by atoms with van der Waals surface area (Å²) in [5.74, 6) is 0. The second kappa shape index (κ2) is 3.51. The summed E-state index contributed by atoms with van der Waals surface area (Å²) >= 11 is 4.59. The molecule has 2 N–H and O–H groups in total. The largest absolute Gasteiger partial charge is 0.290 e. The predicted molar refractivity (Wildman–Crippen MR) is 36.6 cm³/mol. The highest BCUT2D eigenvalue weighted by Gasteiger charge is 1.93. The highest BCUT2D eigenvalue weighted by atomic mass is 32.1. The van der Waals surface area contributed by atoms with Crippen molar-refractivity contribution < 1.29 is 5.21 Å². The molecule has 0 unspecified atom stereocenters. The number of nitrogens with one attached hydrogen (secondary N) is 1. The van der Waals surface area contributed by atoms with Crippen LogP contribution in [-0.2, 0) is 0 Å². The Bertz CT molecular complexity index is 121. The van der Waals surface area contributed by atoms with Gasteiger partial charge in [-0.15, -0.1) is 0 Å². The molecule has 0 aromatic rings. The number of aliphatic imine (C=N–C) groups is 1. The van der Waals surface area contributed by atoms with E-state index in [-0.39, 0.29) is 4.99 Å². The van der Waals surface area contributed by atoms with Gasteiger partial charge in [0.15, 0.2) is 0 Å². The number of hydroxylamine groups is 1. The molecule has 46 valence electrons. The fourth-order valence-corrected chi connectivity index (χ4v) is 0.274. The van der Waals surface area contributed by atoms with Crippen LogP contribution in [0.25, 0.3) is 0 Å². The minimum Gasteiger partial charge on any atom is -0.290 e. The summed E-state index contributed by atoms with van der Waals surface area (Å²) < 4.78 is 0. The van der Waals surface area contributed by atoms with Crippen molar-refractivity contribution in [1.29, 1.82) is 0 Å². The van der Waals surface area contributed by atoms with Crippen LogP contribution in [0.15, 0.2) is 4.99 Å². The van der Waals surface area contributed by atoms with Crippen LogP contribution in [-0.4, -0.2) is 23.0 Å². The molecule has 0 aliphatic carbocycles. The molecule has 0 fully saturated rings. The Morgan fingerprint density at radius 3 is 2.38 bits per heavy atom. The first kappa shape index (κ1) is 7.52. The smallest absolute Gasteiger partial charge is 0.144 e. The highest BCUT2D eigenvalue weighted by Crippen LogP contribution is 1.76. The van der Waals surface area contributed by atoms with Crippen molar-refractivity contribution in [1.82, 2.24) is 5.48 Å². The summed E-state index contributed by atoms with van der Waals surface area (Å²) in [7, 11) is 1.61. The van der Waals surface area contributed by atoms with E-state index in [9.17, 15) is 0 Å². The van der Waals surface area contributed by atoms with E-state index in [0.717, 1.165) is 0 Å². The molecule has 0 aromatic carbocycles. The summed E-state index contributed by atoms with van der Waals surface area (Å²) in [6.45, 7) is 1.71. The van der Waals surface area contributed by atoms with Crippen LogP contribution in [0.5, 0.6) is 0 Å². The lowest BCUT2D eigenvalue weighted by molar-refractivity contribution is 0.239. The van der Waals surface area contributed by atoms with Crippen molar-refractivity contribution in [2.24, 2.45) is 4.99 Å². The number of hydrogen-bond acceptors (Lipinski definition) is 3. The van der Waals surface area contributed by atoms with Gasteiger partial charge in [0.2, 0.25) is 0 Å². The Morgan fingerprint density at radius 2 is 2.25 bits per heavy atom. The molecule has 0 bridgehead atoms.